The van der Waals surface area contributed by atoms with Gasteiger partial charge in [0.05, 0.1) is 15.1 Å². The van der Waals surface area contributed by atoms with Gasteiger partial charge in [-0.2, -0.15) is 0 Å². The number of halogens is 3. The highest BCUT2D eigenvalue weighted by molar-refractivity contribution is 6.42. The molecule has 0 saturated carbocycles. The third-order valence-electron chi connectivity index (χ3n) is 2.90. The van der Waals surface area contributed by atoms with E-state index in [4.69, 9.17) is 39.2 Å². The number of carbonyl (C=O) groups excluding carboxylic acids is 1. The van der Waals surface area contributed by atoms with Gasteiger partial charge in [-0.05, 0) is 30.3 Å². The van der Waals surface area contributed by atoms with Crippen LogP contribution in [-0.2, 0) is 0 Å². The Kier molecular flexibility index (Phi) is 3.47. The molecule has 100 valence electrons. The highest BCUT2D eigenvalue weighted by Gasteiger charge is 2.16. The molecule has 0 spiro atoms. The van der Waals surface area contributed by atoms with Gasteiger partial charge in [0, 0.05) is 10.9 Å². The Hall–Kier alpha value is -1.48. The molecule has 1 aromatic heterocycles. The molecule has 20 heavy (non-hydrogen) atoms. The Bertz CT molecular complexity index is 821. The SMILES string of the molecule is O=C(c1ccc(Cl)c(Cl)c1)c1cc2cccc(Cl)c2o1. The van der Waals surface area contributed by atoms with Crippen molar-refractivity contribution in [2.24, 2.45) is 0 Å². The molecule has 0 saturated heterocycles. The molecule has 0 radical (unpaired) electrons. The Morgan fingerprint density at radius 3 is 2.40 bits per heavy atom. The van der Waals surface area contributed by atoms with E-state index in [1.807, 2.05) is 6.07 Å². The third-order valence-corrected chi connectivity index (χ3v) is 3.94. The second-order valence-corrected chi connectivity index (χ2v) is 5.45. The maximum Gasteiger partial charge on any atom is 0.228 e. The number of ketones is 1. The third kappa shape index (κ3) is 2.31. The van der Waals surface area contributed by atoms with Crippen LogP contribution in [0.5, 0.6) is 0 Å². The summed E-state index contributed by atoms with van der Waals surface area (Å²) in [6.07, 6.45) is 0. The molecule has 0 aliphatic rings. The van der Waals surface area contributed by atoms with Crippen LogP contribution in [0, 0.1) is 0 Å². The van der Waals surface area contributed by atoms with Gasteiger partial charge in [-0.25, -0.2) is 0 Å². The van der Waals surface area contributed by atoms with E-state index < -0.39 is 0 Å². The predicted octanol–water partition coefficient (Wildman–Crippen LogP) is 5.62. The van der Waals surface area contributed by atoms with E-state index in [1.54, 1.807) is 30.3 Å². The fraction of sp³-hybridized carbons (Fsp3) is 0. The van der Waals surface area contributed by atoms with E-state index in [2.05, 4.69) is 0 Å². The van der Waals surface area contributed by atoms with E-state index in [1.165, 1.54) is 6.07 Å². The van der Waals surface area contributed by atoms with Gasteiger partial charge in [0.15, 0.2) is 11.3 Å². The van der Waals surface area contributed by atoms with Crippen molar-refractivity contribution < 1.29 is 9.21 Å². The van der Waals surface area contributed by atoms with Gasteiger partial charge in [-0.3, -0.25) is 4.79 Å². The zero-order chi connectivity index (χ0) is 14.3. The summed E-state index contributed by atoms with van der Waals surface area (Å²) in [4.78, 5) is 12.4. The summed E-state index contributed by atoms with van der Waals surface area (Å²) < 4.78 is 5.53. The van der Waals surface area contributed by atoms with Crippen LogP contribution in [0.1, 0.15) is 16.1 Å². The molecular weight excluding hydrogens is 319 g/mol. The number of para-hydroxylation sites is 1. The molecule has 0 bridgehead atoms. The largest absolute Gasteiger partial charge is 0.451 e. The lowest BCUT2D eigenvalue weighted by molar-refractivity contribution is 0.101. The number of furan rings is 1. The van der Waals surface area contributed by atoms with Crippen molar-refractivity contribution in [1.82, 2.24) is 0 Å². The lowest BCUT2D eigenvalue weighted by Crippen LogP contribution is -1.99. The van der Waals surface area contributed by atoms with Crippen LogP contribution >= 0.6 is 34.8 Å². The number of hydrogen-bond donors (Lipinski definition) is 0. The van der Waals surface area contributed by atoms with Crippen molar-refractivity contribution in [3.63, 3.8) is 0 Å². The van der Waals surface area contributed by atoms with Crippen molar-refractivity contribution in [3.8, 4) is 0 Å². The Balaban J connectivity index is 2.08. The Morgan fingerprint density at radius 2 is 1.70 bits per heavy atom. The second-order valence-electron chi connectivity index (χ2n) is 4.23. The molecule has 3 aromatic rings. The van der Waals surface area contributed by atoms with Crippen molar-refractivity contribution >= 4 is 51.6 Å². The average molecular weight is 326 g/mol. The maximum absolute atomic E-state index is 12.4. The minimum Gasteiger partial charge on any atom is -0.451 e. The van der Waals surface area contributed by atoms with Crippen LogP contribution in [0.2, 0.25) is 15.1 Å². The molecule has 0 atom stereocenters. The standard InChI is InChI=1S/C15H7Cl3O2/c16-10-5-4-8(6-12(10)18)14(19)13-7-9-2-1-3-11(17)15(9)20-13/h1-7H. The number of rotatable bonds is 2. The monoisotopic (exact) mass is 324 g/mol. The molecule has 2 nitrogen and oxygen atoms in total. The first-order valence-corrected chi connectivity index (χ1v) is 6.87. The minimum atomic E-state index is -0.268. The molecule has 5 heteroatoms. The van der Waals surface area contributed by atoms with Crippen LogP contribution < -0.4 is 0 Å². The number of hydrogen-bond acceptors (Lipinski definition) is 2. The van der Waals surface area contributed by atoms with Gasteiger partial charge in [0.1, 0.15) is 0 Å². The van der Waals surface area contributed by atoms with Gasteiger partial charge < -0.3 is 4.42 Å². The fourth-order valence-electron chi connectivity index (χ4n) is 1.92. The molecule has 0 N–H and O–H groups in total. The lowest BCUT2D eigenvalue weighted by atomic mass is 10.1. The molecule has 0 amide bonds. The van der Waals surface area contributed by atoms with Crippen molar-refractivity contribution in [2.45, 2.75) is 0 Å². The topological polar surface area (TPSA) is 30.2 Å². The predicted molar refractivity (Wildman–Crippen MR) is 81.1 cm³/mol. The van der Waals surface area contributed by atoms with E-state index in [0.29, 0.717) is 26.2 Å². The molecular formula is C15H7Cl3O2. The molecule has 0 fully saturated rings. The van der Waals surface area contributed by atoms with Gasteiger partial charge in [-0.15, -0.1) is 0 Å². The quantitative estimate of drug-likeness (QED) is 0.572. The van der Waals surface area contributed by atoms with Crippen LogP contribution in [0.3, 0.4) is 0 Å². The van der Waals surface area contributed by atoms with Gasteiger partial charge in [0.2, 0.25) is 5.78 Å². The van der Waals surface area contributed by atoms with Crippen LogP contribution in [0.15, 0.2) is 46.9 Å². The van der Waals surface area contributed by atoms with Crippen LogP contribution in [0.25, 0.3) is 11.0 Å². The van der Waals surface area contributed by atoms with E-state index in [0.717, 1.165) is 5.39 Å². The molecule has 0 aliphatic heterocycles. The van der Waals surface area contributed by atoms with Gasteiger partial charge in [-0.1, -0.05) is 46.9 Å². The Labute approximate surface area is 129 Å². The zero-order valence-corrected chi connectivity index (χ0v) is 12.3. The summed E-state index contributed by atoms with van der Waals surface area (Å²) in [6, 6.07) is 11.7. The summed E-state index contributed by atoms with van der Waals surface area (Å²) in [7, 11) is 0. The van der Waals surface area contributed by atoms with E-state index >= 15 is 0 Å². The normalized spacial score (nSPS) is 10.9. The summed E-state index contributed by atoms with van der Waals surface area (Å²) in [5, 5.41) is 1.97. The van der Waals surface area contributed by atoms with Gasteiger partial charge >= 0.3 is 0 Å². The summed E-state index contributed by atoms with van der Waals surface area (Å²) in [5.74, 6) is -0.0534. The fourth-order valence-corrected chi connectivity index (χ4v) is 2.44. The summed E-state index contributed by atoms with van der Waals surface area (Å²) in [6.45, 7) is 0. The average Bonchev–Trinajstić information content (AvgIpc) is 2.86. The smallest absolute Gasteiger partial charge is 0.228 e. The van der Waals surface area contributed by atoms with Crippen molar-refractivity contribution in [3.05, 3.63) is 68.9 Å². The first-order chi connectivity index (χ1) is 9.56. The molecule has 1 heterocycles. The molecule has 3 rings (SSSR count). The van der Waals surface area contributed by atoms with Crippen molar-refractivity contribution in [1.29, 1.82) is 0 Å². The first-order valence-electron chi connectivity index (χ1n) is 5.74. The van der Waals surface area contributed by atoms with Crippen LogP contribution in [0.4, 0.5) is 0 Å². The summed E-state index contributed by atoms with van der Waals surface area (Å²) >= 11 is 17.8. The summed E-state index contributed by atoms with van der Waals surface area (Å²) in [5.41, 5.74) is 0.909. The maximum atomic E-state index is 12.4. The molecule has 0 aliphatic carbocycles. The highest BCUT2D eigenvalue weighted by atomic mass is 35.5. The zero-order valence-electron chi connectivity index (χ0n) is 9.99. The highest BCUT2D eigenvalue weighted by Crippen LogP contribution is 2.29. The number of carbonyl (C=O) groups is 1. The van der Waals surface area contributed by atoms with Crippen LogP contribution in [-0.4, -0.2) is 5.78 Å². The Morgan fingerprint density at radius 1 is 0.900 bits per heavy atom. The van der Waals surface area contributed by atoms with E-state index in [9.17, 15) is 4.79 Å². The van der Waals surface area contributed by atoms with Gasteiger partial charge in [0.25, 0.3) is 0 Å². The number of benzene rings is 2. The molecule has 0 unspecified atom stereocenters. The minimum absolute atomic E-state index is 0.214. The second kappa shape index (κ2) is 5.13. The van der Waals surface area contributed by atoms with Crippen molar-refractivity contribution in [2.75, 3.05) is 0 Å². The number of fused-ring (bicyclic) bond motifs is 1. The lowest BCUT2D eigenvalue weighted by Gasteiger charge is -2.00. The van der Waals surface area contributed by atoms with E-state index in [-0.39, 0.29) is 11.5 Å². The first kappa shape index (κ1) is 13.5. The molecule has 2 aromatic carbocycles.